The van der Waals surface area contributed by atoms with Gasteiger partial charge in [0.15, 0.2) is 11.6 Å². The van der Waals surface area contributed by atoms with Crippen molar-refractivity contribution in [2.24, 2.45) is 7.05 Å². The van der Waals surface area contributed by atoms with Gasteiger partial charge in [0, 0.05) is 29.4 Å². The second-order valence-electron chi connectivity index (χ2n) is 5.32. The molecule has 5 nitrogen and oxygen atoms in total. The minimum Gasteiger partial charge on any atom is -0.383 e. The molecular weight excluding hydrogens is 312 g/mol. The van der Waals surface area contributed by atoms with Crippen molar-refractivity contribution in [3.05, 3.63) is 53.4 Å². The fraction of sp³-hybridized carbons (Fsp3) is 0.118. The third-order valence-corrected chi connectivity index (χ3v) is 3.90. The Morgan fingerprint density at radius 1 is 1.17 bits per heavy atom. The van der Waals surface area contributed by atoms with Gasteiger partial charge < -0.3 is 5.73 Å². The smallest absolute Gasteiger partial charge is 0.159 e. The number of nitriles is 1. The van der Waals surface area contributed by atoms with E-state index in [4.69, 9.17) is 5.73 Å². The van der Waals surface area contributed by atoms with Crippen LogP contribution in [0.5, 0.6) is 0 Å². The van der Waals surface area contributed by atoms with E-state index in [9.17, 15) is 14.0 Å². The molecule has 2 aromatic heterocycles. The largest absolute Gasteiger partial charge is 0.383 e. The molecule has 0 bridgehead atoms. The van der Waals surface area contributed by atoms with Gasteiger partial charge in [-0.1, -0.05) is 0 Å². The number of halogens is 2. The van der Waals surface area contributed by atoms with Gasteiger partial charge >= 0.3 is 0 Å². The van der Waals surface area contributed by atoms with Gasteiger partial charge in [0.25, 0.3) is 0 Å². The molecule has 0 spiro atoms. The molecule has 2 heterocycles. The van der Waals surface area contributed by atoms with Crippen molar-refractivity contribution in [3.63, 3.8) is 0 Å². The lowest BCUT2D eigenvalue weighted by Crippen LogP contribution is -2.01. The van der Waals surface area contributed by atoms with Crippen LogP contribution in [-0.4, -0.2) is 14.8 Å². The molecule has 3 rings (SSSR count). The maximum atomic E-state index is 13.5. The van der Waals surface area contributed by atoms with Crippen molar-refractivity contribution >= 4 is 5.82 Å². The molecule has 120 valence electrons. The SMILES string of the molecule is Cc1c(-c2cc(-c3ccc(F)c(F)c3)nc(N)c2C#N)cnn1C. The number of aryl methyl sites for hydroxylation is 1. The fourth-order valence-corrected chi connectivity index (χ4v) is 2.46. The van der Waals surface area contributed by atoms with Crippen molar-refractivity contribution < 1.29 is 8.78 Å². The van der Waals surface area contributed by atoms with Gasteiger partial charge in [-0.2, -0.15) is 10.4 Å². The second kappa shape index (κ2) is 5.74. The van der Waals surface area contributed by atoms with Gasteiger partial charge in [0.05, 0.1) is 11.9 Å². The Balaban J connectivity index is 2.26. The highest BCUT2D eigenvalue weighted by Crippen LogP contribution is 2.33. The third-order valence-electron chi connectivity index (χ3n) is 3.90. The molecular formula is C17H13F2N5. The highest BCUT2D eigenvalue weighted by Gasteiger charge is 2.17. The molecule has 0 aliphatic rings. The summed E-state index contributed by atoms with van der Waals surface area (Å²) in [4.78, 5) is 4.15. The highest BCUT2D eigenvalue weighted by atomic mass is 19.2. The number of nitrogens with zero attached hydrogens (tertiary/aromatic N) is 4. The molecule has 0 aliphatic carbocycles. The van der Waals surface area contributed by atoms with E-state index in [0.29, 0.717) is 16.8 Å². The first-order chi connectivity index (χ1) is 11.4. The first-order valence-electron chi connectivity index (χ1n) is 7.07. The number of nitrogen functional groups attached to an aromatic ring is 1. The van der Waals surface area contributed by atoms with E-state index in [1.54, 1.807) is 24.0 Å². The summed E-state index contributed by atoms with van der Waals surface area (Å²) in [5.41, 5.74) is 8.96. The predicted octanol–water partition coefficient (Wildman–Crippen LogP) is 3.19. The number of rotatable bonds is 2. The van der Waals surface area contributed by atoms with Crippen LogP contribution in [0.1, 0.15) is 11.3 Å². The van der Waals surface area contributed by atoms with E-state index < -0.39 is 11.6 Å². The molecule has 3 aromatic rings. The molecule has 0 saturated heterocycles. The molecule has 0 unspecified atom stereocenters. The molecule has 0 saturated carbocycles. The summed E-state index contributed by atoms with van der Waals surface area (Å²) in [6.07, 6.45) is 1.62. The van der Waals surface area contributed by atoms with Crippen molar-refractivity contribution in [3.8, 4) is 28.5 Å². The first-order valence-corrected chi connectivity index (χ1v) is 7.07. The molecule has 0 radical (unpaired) electrons. The van der Waals surface area contributed by atoms with Crippen LogP contribution in [-0.2, 0) is 7.05 Å². The molecule has 0 atom stereocenters. The van der Waals surface area contributed by atoms with Crippen LogP contribution < -0.4 is 5.73 Å². The lowest BCUT2D eigenvalue weighted by Gasteiger charge is -2.10. The van der Waals surface area contributed by atoms with Crippen LogP contribution in [0.4, 0.5) is 14.6 Å². The average molecular weight is 325 g/mol. The molecule has 0 amide bonds. The average Bonchev–Trinajstić information content (AvgIpc) is 2.88. The summed E-state index contributed by atoms with van der Waals surface area (Å²) < 4.78 is 28.3. The fourth-order valence-electron chi connectivity index (χ4n) is 2.46. The van der Waals surface area contributed by atoms with E-state index in [0.717, 1.165) is 23.4 Å². The van der Waals surface area contributed by atoms with Gasteiger partial charge in [-0.3, -0.25) is 4.68 Å². The van der Waals surface area contributed by atoms with E-state index in [1.165, 1.54) is 6.07 Å². The molecule has 7 heteroatoms. The maximum Gasteiger partial charge on any atom is 0.159 e. The van der Waals surface area contributed by atoms with Crippen LogP contribution >= 0.6 is 0 Å². The number of pyridine rings is 1. The lowest BCUT2D eigenvalue weighted by atomic mass is 9.99. The normalized spacial score (nSPS) is 10.6. The van der Waals surface area contributed by atoms with Gasteiger partial charge in [0.1, 0.15) is 17.5 Å². The summed E-state index contributed by atoms with van der Waals surface area (Å²) in [5, 5.41) is 13.6. The highest BCUT2D eigenvalue weighted by molar-refractivity contribution is 5.80. The molecule has 0 fully saturated rings. The summed E-state index contributed by atoms with van der Waals surface area (Å²) in [6.45, 7) is 1.86. The Morgan fingerprint density at radius 3 is 2.50 bits per heavy atom. The molecule has 24 heavy (non-hydrogen) atoms. The van der Waals surface area contributed by atoms with Crippen LogP contribution in [0.3, 0.4) is 0 Å². The lowest BCUT2D eigenvalue weighted by molar-refractivity contribution is 0.509. The van der Waals surface area contributed by atoms with Crippen LogP contribution in [0, 0.1) is 29.9 Å². The summed E-state index contributed by atoms with van der Waals surface area (Å²) in [6, 6.07) is 7.15. The third kappa shape index (κ3) is 2.48. The summed E-state index contributed by atoms with van der Waals surface area (Å²) >= 11 is 0. The predicted molar refractivity (Wildman–Crippen MR) is 85.7 cm³/mol. The zero-order valence-electron chi connectivity index (χ0n) is 13.0. The van der Waals surface area contributed by atoms with Gasteiger partial charge in [0.2, 0.25) is 0 Å². The number of nitrogens with two attached hydrogens (primary N) is 1. The Bertz CT molecular complexity index is 985. The quantitative estimate of drug-likeness (QED) is 0.784. The molecule has 1 aromatic carbocycles. The standard InChI is InChI=1S/C17H13F2N5/c1-9-13(8-22-24(9)2)11-6-16(23-17(21)12(11)7-20)10-3-4-14(18)15(19)5-10/h3-6,8H,1-2H3,(H2,21,23). The monoisotopic (exact) mass is 325 g/mol. The molecule has 0 aliphatic heterocycles. The van der Waals surface area contributed by atoms with Gasteiger partial charge in [-0.15, -0.1) is 0 Å². The Morgan fingerprint density at radius 2 is 1.92 bits per heavy atom. The van der Waals surface area contributed by atoms with Gasteiger partial charge in [-0.25, -0.2) is 13.8 Å². The van der Waals surface area contributed by atoms with E-state index in [-0.39, 0.29) is 11.4 Å². The van der Waals surface area contributed by atoms with E-state index in [1.807, 2.05) is 13.0 Å². The minimum atomic E-state index is -0.976. The van der Waals surface area contributed by atoms with Crippen molar-refractivity contribution in [2.75, 3.05) is 5.73 Å². The van der Waals surface area contributed by atoms with Crippen LogP contribution in [0.15, 0.2) is 30.5 Å². The van der Waals surface area contributed by atoms with Crippen molar-refractivity contribution in [2.45, 2.75) is 6.92 Å². The Labute approximate surface area is 137 Å². The number of hydrogen-bond acceptors (Lipinski definition) is 4. The minimum absolute atomic E-state index is 0.0259. The van der Waals surface area contributed by atoms with Crippen LogP contribution in [0.25, 0.3) is 22.4 Å². The van der Waals surface area contributed by atoms with Crippen LogP contribution in [0.2, 0.25) is 0 Å². The van der Waals surface area contributed by atoms with E-state index in [2.05, 4.69) is 10.1 Å². The van der Waals surface area contributed by atoms with Crippen molar-refractivity contribution in [1.29, 1.82) is 5.26 Å². The number of anilines is 1. The number of benzene rings is 1. The Hall–Kier alpha value is -3.27. The Kier molecular flexibility index (Phi) is 3.73. The van der Waals surface area contributed by atoms with Gasteiger partial charge in [-0.05, 0) is 31.2 Å². The summed E-state index contributed by atoms with van der Waals surface area (Å²) in [5.74, 6) is -1.89. The number of aromatic nitrogens is 3. The second-order valence-corrected chi connectivity index (χ2v) is 5.32. The zero-order valence-corrected chi connectivity index (χ0v) is 13.0. The summed E-state index contributed by atoms with van der Waals surface area (Å²) in [7, 11) is 1.78. The first kappa shape index (κ1) is 15.6. The number of hydrogen-bond donors (Lipinski definition) is 1. The van der Waals surface area contributed by atoms with E-state index >= 15 is 0 Å². The zero-order chi connectivity index (χ0) is 17.4. The maximum absolute atomic E-state index is 13.5. The topological polar surface area (TPSA) is 80.5 Å². The van der Waals surface area contributed by atoms with Crippen molar-refractivity contribution in [1.82, 2.24) is 14.8 Å². The molecule has 2 N–H and O–H groups in total.